The average Bonchev–Trinajstić information content (AvgIpc) is 3.13. The molecule has 0 aliphatic rings. The summed E-state index contributed by atoms with van der Waals surface area (Å²) in [5.41, 5.74) is 1.34. The average molecular weight is 343 g/mol. The zero-order valence-electron chi connectivity index (χ0n) is 12.7. The lowest BCUT2D eigenvalue weighted by Gasteiger charge is -2.07. The minimum Gasteiger partial charge on any atom is -0.467 e. The van der Waals surface area contributed by atoms with E-state index in [-0.39, 0.29) is 11.6 Å². The Morgan fingerprint density at radius 1 is 1.12 bits per heavy atom. The van der Waals surface area contributed by atoms with Gasteiger partial charge in [-0.15, -0.1) is 0 Å². The number of nitrogens with zero attached hydrogens (tertiary/aromatic N) is 2. The Labute approximate surface area is 143 Å². The maximum atomic E-state index is 12.1. The molecule has 0 saturated carbocycles. The molecule has 2 N–H and O–H groups in total. The first kappa shape index (κ1) is 16.0. The Morgan fingerprint density at radius 3 is 2.71 bits per heavy atom. The second-order valence-electron chi connectivity index (χ2n) is 5.03. The summed E-state index contributed by atoms with van der Waals surface area (Å²) >= 11 is 5.86. The van der Waals surface area contributed by atoms with Gasteiger partial charge < -0.3 is 15.1 Å². The summed E-state index contributed by atoms with van der Waals surface area (Å²) in [5.74, 6) is 0.963. The summed E-state index contributed by atoms with van der Waals surface area (Å²) < 4.78 is 5.17. The highest BCUT2D eigenvalue weighted by atomic mass is 35.5. The molecule has 2 heterocycles. The molecule has 0 bridgehead atoms. The molecule has 0 atom stereocenters. The number of nitrogens with one attached hydrogen (secondary N) is 2. The normalized spacial score (nSPS) is 10.4. The van der Waals surface area contributed by atoms with Crippen molar-refractivity contribution in [3.8, 4) is 0 Å². The Morgan fingerprint density at radius 2 is 1.96 bits per heavy atom. The maximum Gasteiger partial charge on any atom is 0.270 e. The Kier molecular flexibility index (Phi) is 5.08. The zero-order chi connectivity index (χ0) is 16.8. The maximum absolute atomic E-state index is 12.1. The summed E-state index contributed by atoms with van der Waals surface area (Å²) in [7, 11) is 0. The summed E-state index contributed by atoms with van der Waals surface area (Å²) in [6, 6.07) is 12.7. The quantitative estimate of drug-likeness (QED) is 0.718. The molecule has 0 spiro atoms. The lowest BCUT2D eigenvalue weighted by Crippen LogP contribution is -2.23. The van der Waals surface area contributed by atoms with Gasteiger partial charge in [0.15, 0.2) is 0 Å². The highest BCUT2D eigenvalue weighted by Gasteiger charge is 2.09. The molecule has 24 heavy (non-hydrogen) atoms. The molecule has 0 fully saturated rings. The van der Waals surface area contributed by atoms with Crippen LogP contribution < -0.4 is 10.6 Å². The van der Waals surface area contributed by atoms with Gasteiger partial charge in [-0.05, 0) is 29.8 Å². The van der Waals surface area contributed by atoms with Crippen molar-refractivity contribution in [2.24, 2.45) is 0 Å². The molecule has 0 radical (unpaired) electrons. The molecule has 3 rings (SSSR count). The number of amides is 1. The van der Waals surface area contributed by atoms with Gasteiger partial charge in [-0.1, -0.05) is 23.7 Å². The van der Waals surface area contributed by atoms with Crippen LogP contribution in [0.2, 0.25) is 5.02 Å². The summed E-state index contributed by atoms with van der Waals surface area (Å²) in [6.07, 6.45) is 2.91. The van der Waals surface area contributed by atoms with E-state index < -0.39 is 0 Å². The third-order valence-electron chi connectivity index (χ3n) is 3.29. The van der Waals surface area contributed by atoms with Crippen molar-refractivity contribution in [1.82, 2.24) is 15.3 Å². The number of hydrogen-bond donors (Lipinski definition) is 2. The van der Waals surface area contributed by atoms with E-state index in [0.29, 0.717) is 29.7 Å². The molecule has 2 aromatic heterocycles. The molecule has 7 heteroatoms. The lowest BCUT2D eigenvalue weighted by atomic mass is 10.2. The first-order valence-electron chi connectivity index (χ1n) is 7.31. The van der Waals surface area contributed by atoms with Gasteiger partial charge >= 0.3 is 0 Å². The van der Waals surface area contributed by atoms with Crippen LogP contribution in [0.4, 0.5) is 5.82 Å². The van der Waals surface area contributed by atoms with Crippen molar-refractivity contribution in [3.05, 3.63) is 77.1 Å². The summed E-state index contributed by atoms with van der Waals surface area (Å²) in [4.78, 5) is 20.2. The first-order valence-corrected chi connectivity index (χ1v) is 7.69. The van der Waals surface area contributed by atoms with E-state index in [9.17, 15) is 4.79 Å². The van der Waals surface area contributed by atoms with Gasteiger partial charge in [-0.3, -0.25) is 4.79 Å². The van der Waals surface area contributed by atoms with Crippen molar-refractivity contribution >= 4 is 23.3 Å². The number of benzene rings is 1. The molecule has 0 aliphatic heterocycles. The SMILES string of the molecule is O=C(NCc1ccco1)c1cc(NCc2ccc(Cl)cc2)ncn1. The number of furan rings is 1. The first-order chi connectivity index (χ1) is 11.7. The molecule has 0 unspecified atom stereocenters. The van der Waals surface area contributed by atoms with E-state index in [0.717, 1.165) is 5.56 Å². The highest BCUT2D eigenvalue weighted by molar-refractivity contribution is 6.30. The second-order valence-corrected chi connectivity index (χ2v) is 5.47. The number of carbonyl (C=O) groups excluding carboxylic acids is 1. The van der Waals surface area contributed by atoms with Crippen LogP contribution in [0.5, 0.6) is 0 Å². The fraction of sp³-hybridized carbons (Fsp3) is 0.118. The minimum atomic E-state index is -0.289. The largest absolute Gasteiger partial charge is 0.467 e. The molecule has 1 aromatic carbocycles. The molecule has 122 valence electrons. The fourth-order valence-electron chi connectivity index (χ4n) is 2.04. The van der Waals surface area contributed by atoms with E-state index in [1.165, 1.54) is 6.33 Å². The van der Waals surface area contributed by atoms with Crippen molar-refractivity contribution in [2.45, 2.75) is 13.1 Å². The van der Waals surface area contributed by atoms with E-state index >= 15 is 0 Å². The molecule has 0 aliphatic carbocycles. The third-order valence-corrected chi connectivity index (χ3v) is 3.54. The highest BCUT2D eigenvalue weighted by Crippen LogP contribution is 2.11. The van der Waals surface area contributed by atoms with Crippen LogP contribution in [0, 0.1) is 0 Å². The predicted octanol–water partition coefficient (Wildman–Crippen LogP) is 3.27. The molecular weight excluding hydrogens is 328 g/mol. The van der Waals surface area contributed by atoms with E-state index in [2.05, 4.69) is 20.6 Å². The smallest absolute Gasteiger partial charge is 0.270 e. The van der Waals surface area contributed by atoms with Crippen LogP contribution in [-0.2, 0) is 13.1 Å². The van der Waals surface area contributed by atoms with Gasteiger partial charge in [0.1, 0.15) is 23.6 Å². The van der Waals surface area contributed by atoms with Crippen LogP contribution in [0.1, 0.15) is 21.8 Å². The van der Waals surface area contributed by atoms with E-state index in [1.807, 2.05) is 24.3 Å². The third kappa shape index (κ3) is 4.33. The van der Waals surface area contributed by atoms with Crippen molar-refractivity contribution in [3.63, 3.8) is 0 Å². The molecule has 6 nitrogen and oxygen atoms in total. The molecule has 0 saturated heterocycles. The second kappa shape index (κ2) is 7.61. The Bertz CT molecular complexity index is 804. The number of halogens is 1. The summed E-state index contributed by atoms with van der Waals surface area (Å²) in [6.45, 7) is 0.880. The lowest BCUT2D eigenvalue weighted by molar-refractivity contribution is 0.0943. The predicted molar refractivity (Wildman–Crippen MR) is 90.7 cm³/mol. The van der Waals surface area contributed by atoms with E-state index in [1.54, 1.807) is 24.5 Å². The van der Waals surface area contributed by atoms with Crippen LogP contribution >= 0.6 is 11.6 Å². The van der Waals surface area contributed by atoms with Crippen molar-refractivity contribution in [2.75, 3.05) is 5.32 Å². The standard InChI is InChI=1S/C17H15ClN4O2/c18-13-5-3-12(4-6-13)9-19-16-8-15(21-11-22-16)17(23)20-10-14-2-1-7-24-14/h1-8,11H,9-10H2,(H,20,23)(H,19,21,22). The Hall–Kier alpha value is -2.86. The van der Waals surface area contributed by atoms with Crippen molar-refractivity contribution in [1.29, 1.82) is 0 Å². The van der Waals surface area contributed by atoms with E-state index in [4.69, 9.17) is 16.0 Å². The number of carbonyl (C=O) groups is 1. The van der Waals surface area contributed by atoms with Gasteiger partial charge in [0.25, 0.3) is 5.91 Å². The number of rotatable bonds is 6. The van der Waals surface area contributed by atoms with Gasteiger partial charge in [0.2, 0.25) is 0 Å². The van der Waals surface area contributed by atoms with Gasteiger partial charge in [-0.25, -0.2) is 9.97 Å². The molecule has 1 amide bonds. The molecular formula is C17H15ClN4O2. The monoisotopic (exact) mass is 342 g/mol. The minimum absolute atomic E-state index is 0.287. The van der Waals surface area contributed by atoms with Gasteiger partial charge in [-0.2, -0.15) is 0 Å². The number of aromatic nitrogens is 2. The van der Waals surface area contributed by atoms with Crippen LogP contribution in [-0.4, -0.2) is 15.9 Å². The summed E-state index contributed by atoms with van der Waals surface area (Å²) in [5, 5.41) is 6.59. The van der Waals surface area contributed by atoms with Crippen LogP contribution in [0.25, 0.3) is 0 Å². The number of anilines is 1. The zero-order valence-corrected chi connectivity index (χ0v) is 13.5. The van der Waals surface area contributed by atoms with Gasteiger partial charge in [0.05, 0.1) is 12.8 Å². The van der Waals surface area contributed by atoms with Crippen LogP contribution in [0.3, 0.4) is 0 Å². The van der Waals surface area contributed by atoms with Gasteiger partial charge in [0, 0.05) is 17.6 Å². The molecule has 3 aromatic rings. The topological polar surface area (TPSA) is 80.0 Å². The van der Waals surface area contributed by atoms with Crippen LogP contribution in [0.15, 0.2) is 59.5 Å². The fourth-order valence-corrected chi connectivity index (χ4v) is 2.17. The van der Waals surface area contributed by atoms with Crippen molar-refractivity contribution < 1.29 is 9.21 Å². The Balaban J connectivity index is 1.58. The number of hydrogen-bond acceptors (Lipinski definition) is 5.